The highest BCUT2D eigenvalue weighted by atomic mass is 16.2. The highest BCUT2D eigenvalue weighted by molar-refractivity contribution is 5.94. The predicted octanol–water partition coefficient (Wildman–Crippen LogP) is 4.15. The van der Waals surface area contributed by atoms with Crippen molar-refractivity contribution in [1.29, 1.82) is 0 Å². The molecule has 4 aliphatic rings. The Morgan fingerprint density at radius 1 is 0.743 bits per heavy atom. The number of carbonyl (C=O) groups is 3. The second kappa shape index (κ2) is 9.48. The lowest BCUT2D eigenvalue weighted by molar-refractivity contribution is -0.146. The summed E-state index contributed by atoms with van der Waals surface area (Å²) in [5.74, 6) is 2.30. The first-order chi connectivity index (χ1) is 16.8. The Bertz CT molecular complexity index is 1070. The third kappa shape index (κ3) is 4.97. The molecule has 35 heavy (non-hydrogen) atoms. The number of amides is 3. The molecule has 6 rings (SSSR count). The number of hydrogen-bond donors (Lipinski definition) is 2. The fraction of sp³-hybridized carbons (Fsp3) is 0.483. The SMILES string of the molecule is CN(C)C(=O)c1ccc(CNC(=O)c2ccc(CNC(=O)C34CC5CC(CC(C5)C3)C4)cc2)cc1. The maximum absolute atomic E-state index is 13.2. The Morgan fingerprint density at radius 2 is 1.20 bits per heavy atom. The lowest BCUT2D eigenvalue weighted by atomic mass is 9.49. The van der Waals surface area contributed by atoms with E-state index >= 15 is 0 Å². The van der Waals surface area contributed by atoms with Crippen molar-refractivity contribution >= 4 is 17.7 Å². The number of nitrogens with zero attached hydrogens (tertiary/aromatic N) is 1. The van der Waals surface area contributed by atoms with Gasteiger partial charge >= 0.3 is 0 Å². The van der Waals surface area contributed by atoms with Gasteiger partial charge in [0.2, 0.25) is 5.91 Å². The summed E-state index contributed by atoms with van der Waals surface area (Å²) in [6.45, 7) is 0.888. The standard InChI is InChI=1S/C29H35N3O3/c1-32(2)27(34)25-9-5-19(6-10-25)17-30-26(33)24-7-3-20(4-8-24)18-31-28(35)29-14-21-11-22(15-29)13-23(12-21)16-29/h3-10,21-23H,11-18H2,1-2H3,(H,30,33)(H,31,35). The van der Waals surface area contributed by atoms with Gasteiger partial charge in [-0.1, -0.05) is 24.3 Å². The first-order valence-corrected chi connectivity index (χ1v) is 12.8. The summed E-state index contributed by atoms with van der Waals surface area (Å²) in [5.41, 5.74) is 3.00. The monoisotopic (exact) mass is 473 g/mol. The molecule has 4 saturated carbocycles. The molecule has 3 amide bonds. The van der Waals surface area contributed by atoms with E-state index in [1.54, 1.807) is 38.4 Å². The smallest absolute Gasteiger partial charge is 0.253 e. The van der Waals surface area contributed by atoms with Crippen molar-refractivity contribution in [1.82, 2.24) is 15.5 Å². The molecule has 6 heteroatoms. The minimum atomic E-state index is -0.150. The van der Waals surface area contributed by atoms with Gasteiger partial charge in [-0.2, -0.15) is 0 Å². The summed E-state index contributed by atoms with van der Waals surface area (Å²) in [6.07, 6.45) is 7.20. The van der Waals surface area contributed by atoms with Gasteiger partial charge in [0.15, 0.2) is 0 Å². The first-order valence-electron chi connectivity index (χ1n) is 12.8. The van der Waals surface area contributed by atoms with Crippen LogP contribution in [-0.2, 0) is 17.9 Å². The minimum Gasteiger partial charge on any atom is -0.352 e. The van der Waals surface area contributed by atoms with Crippen LogP contribution in [0.5, 0.6) is 0 Å². The lowest BCUT2D eigenvalue weighted by Gasteiger charge is -2.55. The summed E-state index contributed by atoms with van der Waals surface area (Å²) < 4.78 is 0. The van der Waals surface area contributed by atoms with Crippen LogP contribution in [0.15, 0.2) is 48.5 Å². The normalized spacial score (nSPS) is 26.3. The average molecular weight is 474 g/mol. The quantitative estimate of drug-likeness (QED) is 0.634. The van der Waals surface area contributed by atoms with E-state index in [1.165, 1.54) is 24.2 Å². The molecule has 0 heterocycles. The van der Waals surface area contributed by atoms with E-state index in [-0.39, 0.29) is 23.1 Å². The van der Waals surface area contributed by atoms with Crippen LogP contribution in [0.4, 0.5) is 0 Å². The summed E-state index contributed by atoms with van der Waals surface area (Å²) in [5, 5.41) is 6.13. The van der Waals surface area contributed by atoms with E-state index in [0.29, 0.717) is 24.2 Å². The van der Waals surface area contributed by atoms with Gasteiger partial charge in [-0.15, -0.1) is 0 Å². The summed E-state index contributed by atoms with van der Waals surface area (Å²) in [4.78, 5) is 39.3. The van der Waals surface area contributed by atoms with Crippen LogP contribution in [-0.4, -0.2) is 36.7 Å². The van der Waals surface area contributed by atoms with Crippen LogP contribution in [0.3, 0.4) is 0 Å². The fourth-order valence-electron chi connectivity index (χ4n) is 6.84. The highest BCUT2D eigenvalue weighted by Crippen LogP contribution is 2.60. The Morgan fingerprint density at radius 3 is 1.69 bits per heavy atom. The van der Waals surface area contributed by atoms with E-state index in [9.17, 15) is 14.4 Å². The third-order valence-corrected chi connectivity index (χ3v) is 8.25. The molecule has 6 nitrogen and oxygen atoms in total. The van der Waals surface area contributed by atoms with Gasteiger partial charge in [0, 0.05) is 43.7 Å². The average Bonchev–Trinajstić information content (AvgIpc) is 2.85. The summed E-state index contributed by atoms with van der Waals surface area (Å²) in [6, 6.07) is 14.7. The minimum absolute atomic E-state index is 0.0465. The number of carbonyl (C=O) groups excluding carboxylic acids is 3. The van der Waals surface area contributed by atoms with Crippen LogP contribution in [0.2, 0.25) is 0 Å². The molecule has 184 valence electrons. The zero-order valence-electron chi connectivity index (χ0n) is 20.7. The van der Waals surface area contributed by atoms with E-state index < -0.39 is 0 Å². The zero-order chi connectivity index (χ0) is 24.6. The Balaban J connectivity index is 1.11. The molecular formula is C29H35N3O3. The molecule has 0 radical (unpaired) electrons. The van der Waals surface area contributed by atoms with Crippen LogP contribution >= 0.6 is 0 Å². The number of hydrogen-bond acceptors (Lipinski definition) is 3. The van der Waals surface area contributed by atoms with Gasteiger partial charge in [0.05, 0.1) is 0 Å². The Kier molecular flexibility index (Phi) is 6.39. The van der Waals surface area contributed by atoms with Crippen molar-refractivity contribution in [2.45, 2.75) is 51.6 Å². The van der Waals surface area contributed by atoms with Crippen LogP contribution < -0.4 is 10.6 Å². The van der Waals surface area contributed by atoms with E-state index in [1.807, 2.05) is 24.3 Å². The summed E-state index contributed by atoms with van der Waals surface area (Å²) >= 11 is 0. The van der Waals surface area contributed by atoms with E-state index in [0.717, 1.165) is 48.1 Å². The number of nitrogens with one attached hydrogen (secondary N) is 2. The van der Waals surface area contributed by atoms with Gasteiger partial charge in [-0.05, 0) is 91.7 Å². The molecule has 4 fully saturated rings. The molecule has 0 aromatic heterocycles. The fourth-order valence-corrected chi connectivity index (χ4v) is 6.84. The second-order valence-electron chi connectivity index (χ2n) is 11.2. The van der Waals surface area contributed by atoms with Crippen molar-refractivity contribution in [3.05, 3.63) is 70.8 Å². The van der Waals surface area contributed by atoms with E-state index in [4.69, 9.17) is 0 Å². The van der Waals surface area contributed by atoms with Crippen molar-refractivity contribution in [2.24, 2.45) is 23.2 Å². The van der Waals surface area contributed by atoms with Crippen molar-refractivity contribution < 1.29 is 14.4 Å². The van der Waals surface area contributed by atoms with Gasteiger partial charge in [0.25, 0.3) is 11.8 Å². The lowest BCUT2D eigenvalue weighted by Crippen LogP contribution is -2.53. The maximum atomic E-state index is 13.2. The Hall–Kier alpha value is -3.15. The van der Waals surface area contributed by atoms with Gasteiger partial charge in [-0.25, -0.2) is 0 Å². The summed E-state index contributed by atoms with van der Waals surface area (Å²) in [7, 11) is 3.44. The van der Waals surface area contributed by atoms with Crippen molar-refractivity contribution in [3.8, 4) is 0 Å². The Labute approximate surface area is 207 Å². The largest absolute Gasteiger partial charge is 0.352 e. The zero-order valence-corrected chi connectivity index (χ0v) is 20.7. The predicted molar refractivity (Wildman–Crippen MR) is 135 cm³/mol. The van der Waals surface area contributed by atoms with Crippen LogP contribution in [0.25, 0.3) is 0 Å². The molecule has 0 atom stereocenters. The molecule has 0 aliphatic heterocycles. The van der Waals surface area contributed by atoms with Crippen molar-refractivity contribution in [2.75, 3.05) is 14.1 Å². The molecule has 2 aromatic rings. The van der Waals surface area contributed by atoms with Crippen LogP contribution in [0.1, 0.15) is 70.4 Å². The molecule has 2 aromatic carbocycles. The highest BCUT2D eigenvalue weighted by Gasteiger charge is 2.54. The molecule has 0 unspecified atom stereocenters. The molecule has 4 bridgehead atoms. The topological polar surface area (TPSA) is 78.5 Å². The molecule has 2 N–H and O–H groups in total. The molecule has 0 spiro atoms. The number of rotatable bonds is 7. The third-order valence-electron chi connectivity index (χ3n) is 8.25. The molecule has 4 aliphatic carbocycles. The number of benzene rings is 2. The molecular weight excluding hydrogens is 438 g/mol. The van der Waals surface area contributed by atoms with Gasteiger partial charge in [-0.3, -0.25) is 14.4 Å². The van der Waals surface area contributed by atoms with Gasteiger partial charge in [0.1, 0.15) is 0 Å². The first kappa shape index (κ1) is 23.6. The molecule has 0 saturated heterocycles. The second-order valence-corrected chi connectivity index (χ2v) is 11.2. The maximum Gasteiger partial charge on any atom is 0.253 e. The van der Waals surface area contributed by atoms with E-state index in [2.05, 4.69) is 10.6 Å². The van der Waals surface area contributed by atoms with Crippen molar-refractivity contribution in [3.63, 3.8) is 0 Å². The van der Waals surface area contributed by atoms with Gasteiger partial charge < -0.3 is 15.5 Å². The van der Waals surface area contributed by atoms with Crippen LogP contribution in [0, 0.1) is 23.2 Å².